The number of hydrogen-bond acceptors (Lipinski definition) is 2. The summed E-state index contributed by atoms with van der Waals surface area (Å²) >= 11 is 3.38. The van der Waals surface area contributed by atoms with Crippen LogP contribution >= 0.6 is 15.9 Å². The minimum Gasteiger partial charge on any atom is -0.391 e. The highest BCUT2D eigenvalue weighted by atomic mass is 79.9. The van der Waals surface area contributed by atoms with Gasteiger partial charge in [0.05, 0.1) is 12.1 Å². The van der Waals surface area contributed by atoms with Crippen LogP contribution in [0.25, 0.3) is 0 Å². The number of aliphatic hydroxyl groups is 1. The normalized spacial score (nSPS) is 27.2. The lowest BCUT2D eigenvalue weighted by Gasteiger charge is -2.07. The molecule has 2 rings (SSSR count). The van der Waals surface area contributed by atoms with Crippen molar-refractivity contribution in [1.82, 2.24) is 0 Å². The Morgan fingerprint density at radius 1 is 1.50 bits per heavy atom. The maximum absolute atomic E-state index is 9.47. The van der Waals surface area contributed by atoms with Gasteiger partial charge < -0.3 is 10.8 Å². The smallest absolute Gasteiger partial charge is 0.0773 e. The van der Waals surface area contributed by atoms with E-state index in [1.54, 1.807) is 0 Å². The van der Waals surface area contributed by atoms with Crippen LogP contribution in [0.4, 0.5) is 0 Å². The lowest BCUT2D eigenvalue weighted by molar-refractivity contribution is 0.158. The third-order valence-electron chi connectivity index (χ3n) is 2.31. The summed E-state index contributed by atoms with van der Waals surface area (Å²) in [7, 11) is 0. The Balaban J connectivity index is 2.47. The predicted molar refractivity (Wildman–Crippen MR) is 50.8 cm³/mol. The zero-order valence-corrected chi connectivity index (χ0v) is 8.08. The van der Waals surface area contributed by atoms with E-state index in [0.29, 0.717) is 6.42 Å². The molecule has 0 spiro atoms. The molecule has 3 heteroatoms. The van der Waals surface area contributed by atoms with Crippen molar-refractivity contribution in [2.24, 2.45) is 5.73 Å². The number of fused-ring (bicyclic) bond motifs is 1. The molecular weight excluding hydrogens is 218 g/mol. The van der Waals surface area contributed by atoms with Gasteiger partial charge in [0, 0.05) is 10.9 Å². The van der Waals surface area contributed by atoms with Crippen LogP contribution < -0.4 is 5.73 Å². The van der Waals surface area contributed by atoms with Crippen molar-refractivity contribution >= 4 is 15.9 Å². The molecule has 0 heterocycles. The van der Waals surface area contributed by atoms with E-state index in [1.807, 2.05) is 18.2 Å². The van der Waals surface area contributed by atoms with E-state index in [1.165, 1.54) is 0 Å². The number of aliphatic hydroxyl groups excluding tert-OH is 1. The molecule has 1 aliphatic rings. The molecule has 1 aromatic carbocycles. The van der Waals surface area contributed by atoms with Crippen molar-refractivity contribution < 1.29 is 5.11 Å². The van der Waals surface area contributed by atoms with Gasteiger partial charge >= 0.3 is 0 Å². The standard InChI is InChI=1S/C9H10BrNO/c10-6-1-2-7-5(3-6)4-8(12)9(7)11/h1-3,8-9,12H,4,11H2/t8-,9?/m0/s1. The van der Waals surface area contributed by atoms with Gasteiger partial charge in [0.1, 0.15) is 0 Å². The first kappa shape index (κ1) is 8.23. The summed E-state index contributed by atoms with van der Waals surface area (Å²) < 4.78 is 1.04. The van der Waals surface area contributed by atoms with Crippen molar-refractivity contribution in [3.05, 3.63) is 33.8 Å². The quantitative estimate of drug-likeness (QED) is 0.704. The van der Waals surface area contributed by atoms with Crippen LogP contribution in [0.3, 0.4) is 0 Å². The molecule has 0 saturated heterocycles. The van der Waals surface area contributed by atoms with Gasteiger partial charge in [-0.15, -0.1) is 0 Å². The van der Waals surface area contributed by atoms with E-state index < -0.39 is 6.10 Å². The van der Waals surface area contributed by atoms with Crippen molar-refractivity contribution in [2.45, 2.75) is 18.6 Å². The van der Waals surface area contributed by atoms with E-state index in [-0.39, 0.29) is 6.04 Å². The van der Waals surface area contributed by atoms with E-state index in [2.05, 4.69) is 15.9 Å². The molecule has 64 valence electrons. The molecule has 1 aliphatic carbocycles. The maximum atomic E-state index is 9.47. The maximum Gasteiger partial charge on any atom is 0.0773 e. The highest BCUT2D eigenvalue weighted by Crippen LogP contribution is 2.31. The molecule has 0 aliphatic heterocycles. The largest absolute Gasteiger partial charge is 0.391 e. The Bertz CT molecular complexity index is 313. The van der Waals surface area contributed by atoms with Gasteiger partial charge in [0.15, 0.2) is 0 Å². The van der Waals surface area contributed by atoms with Crippen LogP contribution in [-0.2, 0) is 6.42 Å². The highest BCUT2D eigenvalue weighted by molar-refractivity contribution is 9.10. The Morgan fingerprint density at radius 2 is 2.25 bits per heavy atom. The third-order valence-corrected chi connectivity index (χ3v) is 2.80. The molecular formula is C9H10BrNO. The second-order valence-electron chi connectivity index (χ2n) is 3.14. The van der Waals surface area contributed by atoms with Gasteiger partial charge in [-0.2, -0.15) is 0 Å². The average molecular weight is 228 g/mol. The fourth-order valence-electron chi connectivity index (χ4n) is 1.64. The Kier molecular flexibility index (Phi) is 1.94. The summed E-state index contributed by atoms with van der Waals surface area (Å²) in [6.45, 7) is 0. The number of nitrogens with two attached hydrogens (primary N) is 1. The van der Waals surface area contributed by atoms with Gasteiger partial charge in [-0.25, -0.2) is 0 Å². The second-order valence-corrected chi connectivity index (χ2v) is 4.06. The summed E-state index contributed by atoms with van der Waals surface area (Å²) in [6.07, 6.45) is 0.268. The Hall–Kier alpha value is -0.380. The molecule has 0 saturated carbocycles. The molecule has 12 heavy (non-hydrogen) atoms. The van der Waals surface area contributed by atoms with Gasteiger partial charge in [-0.3, -0.25) is 0 Å². The zero-order valence-electron chi connectivity index (χ0n) is 6.50. The SMILES string of the molecule is NC1c2ccc(Br)cc2C[C@@H]1O. The first-order chi connectivity index (χ1) is 5.68. The topological polar surface area (TPSA) is 46.2 Å². The molecule has 3 N–H and O–H groups in total. The monoisotopic (exact) mass is 227 g/mol. The Morgan fingerprint density at radius 3 is 3.00 bits per heavy atom. The summed E-state index contributed by atoms with van der Waals surface area (Å²) in [5.41, 5.74) is 8.01. The van der Waals surface area contributed by atoms with Crippen molar-refractivity contribution in [2.75, 3.05) is 0 Å². The first-order valence-electron chi connectivity index (χ1n) is 3.90. The van der Waals surface area contributed by atoms with Gasteiger partial charge in [0.25, 0.3) is 0 Å². The van der Waals surface area contributed by atoms with E-state index in [4.69, 9.17) is 5.73 Å². The summed E-state index contributed by atoms with van der Waals surface area (Å²) in [5.74, 6) is 0. The van der Waals surface area contributed by atoms with E-state index in [9.17, 15) is 5.11 Å². The number of rotatable bonds is 0. The minimum atomic E-state index is -0.408. The molecule has 2 nitrogen and oxygen atoms in total. The highest BCUT2D eigenvalue weighted by Gasteiger charge is 2.27. The molecule has 1 unspecified atom stereocenters. The number of halogens is 1. The minimum absolute atomic E-state index is 0.201. The summed E-state index contributed by atoms with van der Waals surface area (Å²) in [4.78, 5) is 0. The number of benzene rings is 1. The fraction of sp³-hybridized carbons (Fsp3) is 0.333. The average Bonchev–Trinajstić information content (AvgIpc) is 2.28. The third kappa shape index (κ3) is 1.18. The molecule has 1 aromatic rings. The molecule has 0 radical (unpaired) electrons. The first-order valence-corrected chi connectivity index (χ1v) is 4.70. The van der Waals surface area contributed by atoms with Crippen molar-refractivity contribution in [3.8, 4) is 0 Å². The van der Waals surface area contributed by atoms with Crippen molar-refractivity contribution in [1.29, 1.82) is 0 Å². The van der Waals surface area contributed by atoms with Crippen LogP contribution in [0.5, 0.6) is 0 Å². The van der Waals surface area contributed by atoms with Crippen molar-refractivity contribution in [3.63, 3.8) is 0 Å². The fourth-order valence-corrected chi connectivity index (χ4v) is 2.04. The van der Waals surface area contributed by atoms with Gasteiger partial charge in [-0.05, 0) is 23.3 Å². The van der Waals surface area contributed by atoms with Gasteiger partial charge in [0.2, 0.25) is 0 Å². The predicted octanol–water partition coefficient (Wildman–Crippen LogP) is 1.37. The zero-order chi connectivity index (χ0) is 8.72. The van der Waals surface area contributed by atoms with Crippen LogP contribution in [-0.4, -0.2) is 11.2 Å². The lowest BCUT2D eigenvalue weighted by Crippen LogP contribution is -2.21. The molecule has 2 atom stereocenters. The van der Waals surface area contributed by atoms with E-state index in [0.717, 1.165) is 15.6 Å². The number of hydrogen-bond donors (Lipinski definition) is 2. The van der Waals surface area contributed by atoms with Crippen LogP contribution in [0, 0.1) is 0 Å². The van der Waals surface area contributed by atoms with E-state index >= 15 is 0 Å². The molecule has 0 fully saturated rings. The Labute approximate surface area is 79.5 Å². The second kappa shape index (κ2) is 2.83. The molecule has 0 amide bonds. The van der Waals surface area contributed by atoms with Crippen LogP contribution in [0.2, 0.25) is 0 Å². The molecule has 0 aromatic heterocycles. The summed E-state index contributed by atoms with van der Waals surface area (Å²) in [5, 5.41) is 9.47. The van der Waals surface area contributed by atoms with Gasteiger partial charge in [-0.1, -0.05) is 22.0 Å². The van der Waals surface area contributed by atoms with Crippen LogP contribution in [0.15, 0.2) is 22.7 Å². The molecule has 0 bridgehead atoms. The van der Waals surface area contributed by atoms with Crippen LogP contribution in [0.1, 0.15) is 17.2 Å². The lowest BCUT2D eigenvalue weighted by atomic mass is 10.1. The summed E-state index contributed by atoms with van der Waals surface area (Å²) in [6, 6.07) is 5.75.